The summed E-state index contributed by atoms with van der Waals surface area (Å²) in [6.45, 7) is 0. The fourth-order valence-corrected chi connectivity index (χ4v) is 0.203. The number of hydrogen-bond donors (Lipinski definition) is 3. The average Bonchev–Trinajstić information content (AvgIpc) is 1.63. The second kappa shape index (κ2) is 3.69. The Labute approximate surface area is 52.2 Å². The molecular formula is C2H10N4O3. The smallest absolute Gasteiger partial charge is 0.0985 e. The highest BCUT2D eigenvalue weighted by atomic mass is 17.0. The number of hydroxylamine groups is 3. The maximum absolute atomic E-state index is 10.2. The van der Waals surface area contributed by atoms with Crippen molar-refractivity contribution in [2.24, 2.45) is 5.84 Å². The number of quaternary nitrogens is 2. The Morgan fingerprint density at radius 2 is 1.89 bits per heavy atom. The molecule has 56 valence electrons. The van der Waals surface area contributed by atoms with Crippen LogP contribution in [0.2, 0.25) is 0 Å². The molecule has 7 heteroatoms. The standard InChI is InChI=1S/C2H10N4O3/c1-4(7)6(3)9-5(2)8/h4-5H,3H2,1-2H3. The van der Waals surface area contributed by atoms with Crippen LogP contribution in [-0.4, -0.2) is 19.4 Å². The first-order chi connectivity index (χ1) is 4.04. The summed E-state index contributed by atoms with van der Waals surface area (Å²) in [4.78, 5) is 4.13. The van der Waals surface area contributed by atoms with E-state index in [-0.39, 0.29) is 0 Å². The first kappa shape index (κ1) is 8.72. The van der Waals surface area contributed by atoms with E-state index in [2.05, 4.69) is 4.94 Å². The summed E-state index contributed by atoms with van der Waals surface area (Å²) in [6.07, 6.45) is 0. The number of hydrogen-bond acceptors (Lipinski definition) is 5. The minimum Gasteiger partial charge on any atom is -0.610 e. The van der Waals surface area contributed by atoms with Gasteiger partial charge in [-0.2, -0.15) is 11.1 Å². The van der Waals surface area contributed by atoms with Gasteiger partial charge in [0.2, 0.25) is 0 Å². The molecule has 0 aromatic carbocycles. The van der Waals surface area contributed by atoms with E-state index in [0.717, 1.165) is 7.05 Å². The van der Waals surface area contributed by atoms with Gasteiger partial charge in [-0.15, -0.1) is 0 Å². The lowest BCUT2D eigenvalue weighted by Crippen LogP contribution is -3.18. The van der Waals surface area contributed by atoms with Crippen molar-refractivity contribution >= 4 is 0 Å². The monoisotopic (exact) mass is 138 g/mol. The van der Waals surface area contributed by atoms with Crippen molar-refractivity contribution in [2.75, 3.05) is 14.1 Å². The molecule has 4 N–H and O–H groups in total. The second-order valence-corrected chi connectivity index (χ2v) is 1.43. The molecule has 0 fully saturated rings. The molecule has 2 unspecified atom stereocenters. The van der Waals surface area contributed by atoms with Gasteiger partial charge in [-0.3, -0.25) is 0 Å². The van der Waals surface area contributed by atoms with Gasteiger partial charge in [-0.1, -0.05) is 0 Å². The van der Waals surface area contributed by atoms with Gasteiger partial charge in [0.1, 0.15) is 0 Å². The minimum absolute atomic E-state index is 0.377. The average molecular weight is 138 g/mol. The number of hydrazine groups is 1. The third kappa shape index (κ3) is 4.24. The molecule has 0 aliphatic heterocycles. The molecule has 0 saturated heterocycles. The van der Waals surface area contributed by atoms with Crippen molar-refractivity contribution in [3.8, 4) is 0 Å². The van der Waals surface area contributed by atoms with Crippen molar-refractivity contribution in [3.63, 3.8) is 0 Å². The highest BCUT2D eigenvalue weighted by Crippen LogP contribution is 1.48. The Morgan fingerprint density at radius 1 is 1.44 bits per heavy atom. The van der Waals surface area contributed by atoms with Gasteiger partial charge in [0.05, 0.1) is 19.4 Å². The van der Waals surface area contributed by atoms with Gasteiger partial charge < -0.3 is 10.4 Å². The van der Waals surface area contributed by atoms with Crippen LogP contribution in [0.25, 0.3) is 0 Å². The quantitative estimate of drug-likeness (QED) is 0.272. The highest BCUT2D eigenvalue weighted by Gasteiger charge is 2.03. The van der Waals surface area contributed by atoms with Crippen LogP contribution >= 0.6 is 0 Å². The zero-order chi connectivity index (χ0) is 7.44. The van der Waals surface area contributed by atoms with Crippen LogP contribution in [0.5, 0.6) is 0 Å². The topological polar surface area (TPSA) is 93.5 Å². The molecule has 7 nitrogen and oxygen atoms in total. The van der Waals surface area contributed by atoms with Gasteiger partial charge >= 0.3 is 0 Å². The van der Waals surface area contributed by atoms with E-state index < -0.39 is 10.4 Å². The summed E-state index contributed by atoms with van der Waals surface area (Å²) in [5.41, 5.74) is 0. The Bertz CT molecular complexity index is 76.2. The number of nitrogens with zero attached hydrogens (tertiary/aromatic N) is 1. The molecule has 0 amide bonds. The second-order valence-electron chi connectivity index (χ2n) is 1.43. The lowest BCUT2D eigenvalue weighted by Gasteiger charge is -2.25. The molecule has 0 rings (SSSR count). The van der Waals surface area contributed by atoms with E-state index in [1.807, 2.05) is 0 Å². The maximum atomic E-state index is 10.2. The third-order valence-electron chi connectivity index (χ3n) is 0.537. The molecule has 0 spiro atoms. The summed E-state index contributed by atoms with van der Waals surface area (Å²) in [5, 5.41) is 19.5. The molecule has 0 saturated carbocycles. The molecule has 2 atom stereocenters. The van der Waals surface area contributed by atoms with E-state index in [1.54, 1.807) is 0 Å². The molecule has 0 bridgehead atoms. The van der Waals surface area contributed by atoms with Crippen LogP contribution in [-0.2, 0) is 4.94 Å². The van der Waals surface area contributed by atoms with E-state index in [9.17, 15) is 10.4 Å². The van der Waals surface area contributed by atoms with Crippen LogP contribution in [0.15, 0.2) is 0 Å². The molecule has 0 aliphatic carbocycles. The molecular weight excluding hydrogens is 128 g/mol. The zero-order valence-corrected chi connectivity index (χ0v) is 5.25. The zero-order valence-electron chi connectivity index (χ0n) is 5.25. The van der Waals surface area contributed by atoms with Gasteiger partial charge in [0, 0.05) is 0 Å². The Hall–Kier alpha value is -0.280. The van der Waals surface area contributed by atoms with Crippen molar-refractivity contribution in [1.29, 1.82) is 0 Å². The fraction of sp³-hybridized carbons (Fsp3) is 1.00. The van der Waals surface area contributed by atoms with Gasteiger partial charge in [-0.25, -0.2) is 5.17 Å². The van der Waals surface area contributed by atoms with Crippen LogP contribution in [0.3, 0.4) is 0 Å². The Kier molecular flexibility index (Phi) is 3.58. The summed E-state index contributed by atoms with van der Waals surface area (Å²) in [5.74, 6) is 4.86. The molecule has 0 heterocycles. The largest absolute Gasteiger partial charge is 0.610 e. The third-order valence-corrected chi connectivity index (χ3v) is 0.537. The van der Waals surface area contributed by atoms with Crippen LogP contribution in [0, 0.1) is 10.4 Å². The van der Waals surface area contributed by atoms with E-state index in [4.69, 9.17) is 5.84 Å². The number of rotatable bonds is 3. The molecule has 0 aromatic heterocycles. The summed E-state index contributed by atoms with van der Waals surface area (Å²) >= 11 is 0. The number of nitrogens with one attached hydrogen (secondary N) is 2. The van der Waals surface area contributed by atoms with Gasteiger partial charge in [-0.05, 0) is 4.94 Å². The van der Waals surface area contributed by atoms with Crippen molar-refractivity contribution in [2.45, 2.75) is 0 Å². The normalized spacial score (nSPS) is 18.0. The van der Waals surface area contributed by atoms with E-state index >= 15 is 0 Å². The molecule has 0 radical (unpaired) electrons. The van der Waals surface area contributed by atoms with E-state index in [0.29, 0.717) is 5.28 Å². The van der Waals surface area contributed by atoms with Crippen molar-refractivity contribution in [1.82, 2.24) is 5.28 Å². The van der Waals surface area contributed by atoms with Crippen LogP contribution < -0.4 is 16.2 Å². The van der Waals surface area contributed by atoms with Gasteiger partial charge in [0.25, 0.3) is 0 Å². The van der Waals surface area contributed by atoms with Gasteiger partial charge in [0.15, 0.2) is 0 Å². The summed E-state index contributed by atoms with van der Waals surface area (Å²) < 4.78 is 0. The molecule has 0 aliphatic rings. The van der Waals surface area contributed by atoms with Crippen LogP contribution in [0.1, 0.15) is 0 Å². The maximum Gasteiger partial charge on any atom is 0.0985 e. The minimum atomic E-state index is -0.618. The summed E-state index contributed by atoms with van der Waals surface area (Å²) in [7, 11) is 2.34. The highest BCUT2D eigenvalue weighted by molar-refractivity contribution is 3.90. The fourth-order valence-electron chi connectivity index (χ4n) is 0.203. The lowest BCUT2D eigenvalue weighted by molar-refractivity contribution is -1.16. The number of nitrogens with two attached hydrogens (primary N) is 1. The first-order valence-electron chi connectivity index (χ1n) is 2.28. The summed E-state index contributed by atoms with van der Waals surface area (Å²) in [6, 6.07) is 0. The van der Waals surface area contributed by atoms with Crippen LogP contribution in [0.4, 0.5) is 0 Å². The Morgan fingerprint density at radius 3 is 2.00 bits per heavy atom. The predicted octanol–water partition coefficient (Wildman–Crippen LogP) is -4.05. The first-order valence-corrected chi connectivity index (χ1v) is 2.28. The van der Waals surface area contributed by atoms with Crippen molar-refractivity contribution in [3.05, 3.63) is 10.4 Å². The molecule has 0 aromatic rings. The Balaban J connectivity index is 3.38. The lowest BCUT2D eigenvalue weighted by atomic mass is 11.5. The van der Waals surface area contributed by atoms with E-state index in [1.165, 1.54) is 7.05 Å². The SMILES string of the molecule is C[NH+]([O-])ON(N)[NH+](C)[O-]. The molecule has 9 heavy (non-hydrogen) atoms. The van der Waals surface area contributed by atoms with Crippen molar-refractivity contribution < 1.29 is 15.3 Å². The predicted molar refractivity (Wildman–Crippen MR) is 27.6 cm³/mol.